The third-order valence-corrected chi connectivity index (χ3v) is 2.52. The molecule has 2 rings (SSSR count). The van der Waals surface area contributed by atoms with Gasteiger partial charge < -0.3 is 9.52 Å². The lowest BCUT2D eigenvalue weighted by Crippen LogP contribution is -1.91. The van der Waals surface area contributed by atoms with Crippen LogP contribution in [0.3, 0.4) is 0 Å². The van der Waals surface area contributed by atoms with E-state index in [2.05, 4.69) is 10.2 Å². The summed E-state index contributed by atoms with van der Waals surface area (Å²) >= 11 is 0. The van der Waals surface area contributed by atoms with Crippen LogP contribution >= 0.6 is 0 Å². The lowest BCUT2D eigenvalue weighted by molar-refractivity contribution is 0.159. The number of rotatable bonds is 2. The van der Waals surface area contributed by atoms with E-state index in [1.807, 2.05) is 0 Å². The zero-order valence-corrected chi connectivity index (χ0v) is 7.73. The van der Waals surface area contributed by atoms with Crippen molar-refractivity contribution in [3.8, 4) is 0 Å². The molecule has 0 aliphatic heterocycles. The first kappa shape index (κ1) is 8.69. The topological polar surface area (TPSA) is 59.2 Å². The lowest BCUT2D eigenvalue weighted by Gasteiger charge is -2.00. The number of hydrogen-bond donors (Lipinski definition) is 1. The second-order valence-electron chi connectivity index (χ2n) is 3.64. The van der Waals surface area contributed by atoms with Gasteiger partial charge in [-0.2, -0.15) is 0 Å². The van der Waals surface area contributed by atoms with Crippen LogP contribution in [0.15, 0.2) is 4.42 Å². The van der Waals surface area contributed by atoms with E-state index in [0.717, 1.165) is 12.8 Å². The van der Waals surface area contributed by atoms with Crippen molar-refractivity contribution in [3.05, 3.63) is 11.8 Å². The first-order valence-corrected chi connectivity index (χ1v) is 4.78. The summed E-state index contributed by atoms with van der Waals surface area (Å²) in [6.45, 7) is 1.63. The zero-order chi connectivity index (χ0) is 9.26. The SMILES string of the molecule is CC(O)c1nnc(C2CCCC2)o1. The van der Waals surface area contributed by atoms with E-state index in [1.54, 1.807) is 6.92 Å². The average molecular weight is 182 g/mol. The second kappa shape index (κ2) is 3.46. The summed E-state index contributed by atoms with van der Waals surface area (Å²) in [5, 5.41) is 16.9. The van der Waals surface area contributed by atoms with Crippen molar-refractivity contribution in [2.75, 3.05) is 0 Å². The first-order chi connectivity index (χ1) is 6.27. The van der Waals surface area contributed by atoms with E-state index in [-0.39, 0.29) is 0 Å². The molecule has 1 aromatic heterocycles. The van der Waals surface area contributed by atoms with Gasteiger partial charge in [0, 0.05) is 5.92 Å². The summed E-state index contributed by atoms with van der Waals surface area (Å²) < 4.78 is 5.36. The number of aliphatic hydroxyl groups is 1. The molecule has 1 aliphatic carbocycles. The van der Waals surface area contributed by atoms with Crippen LogP contribution < -0.4 is 0 Å². The molecule has 0 saturated heterocycles. The smallest absolute Gasteiger partial charge is 0.244 e. The highest BCUT2D eigenvalue weighted by atomic mass is 16.4. The van der Waals surface area contributed by atoms with Crippen LogP contribution in [0, 0.1) is 0 Å². The van der Waals surface area contributed by atoms with Gasteiger partial charge in [0.1, 0.15) is 6.10 Å². The van der Waals surface area contributed by atoms with Crippen LogP contribution in [-0.2, 0) is 0 Å². The number of aliphatic hydroxyl groups excluding tert-OH is 1. The molecule has 0 radical (unpaired) electrons. The maximum Gasteiger partial charge on any atom is 0.244 e. The fourth-order valence-corrected chi connectivity index (χ4v) is 1.75. The monoisotopic (exact) mass is 182 g/mol. The number of nitrogens with zero attached hydrogens (tertiary/aromatic N) is 2. The van der Waals surface area contributed by atoms with E-state index in [0.29, 0.717) is 17.7 Å². The summed E-state index contributed by atoms with van der Waals surface area (Å²) in [6.07, 6.45) is 4.12. The van der Waals surface area contributed by atoms with Crippen molar-refractivity contribution in [2.24, 2.45) is 0 Å². The molecule has 0 aromatic carbocycles. The van der Waals surface area contributed by atoms with Gasteiger partial charge in [-0.25, -0.2) is 0 Å². The Bertz CT molecular complexity index is 277. The Morgan fingerprint density at radius 2 is 2.08 bits per heavy atom. The minimum atomic E-state index is -0.650. The van der Waals surface area contributed by atoms with Gasteiger partial charge in [-0.1, -0.05) is 12.8 Å². The normalized spacial score (nSPS) is 20.8. The summed E-state index contributed by atoms with van der Waals surface area (Å²) in [7, 11) is 0. The van der Waals surface area contributed by atoms with Crippen molar-refractivity contribution in [2.45, 2.75) is 44.6 Å². The van der Waals surface area contributed by atoms with Crippen LogP contribution in [0.4, 0.5) is 0 Å². The molecule has 1 heterocycles. The number of hydrogen-bond acceptors (Lipinski definition) is 4. The summed E-state index contributed by atoms with van der Waals surface area (Å²) in [5.41, 5.74) is 0. The predicted molar refractivity (Wildman–Crippen MR) is 46.1 cm³/mol. The Balaban J connectivity index is 2.12. The standard InChI is InChI=1S/C9H14N2O2/c1-6(12)8-10-11-9(13-8)7-4-2-3-5-7/h6-7,12H,2-5H2,1H3. The molecule has 1 N–H and O–H groups in total. The quantitative estimate of drug-likeness (QED) is 0.757. The van der Waals surface area contributed by atoms with Gasteiger partial charge in [0.05, 0.1) is 0 Å². The fraction of sp³-hybridized carbons (Fsp3) is 0.778. The van der Waals surface area contributed by atoms with Gasteiger partial charge in [-0.05, 0) is 19.8 Å². The molecule has 0 amide bonds. The molecule has 4 nitrogen and oxygen atoms in total. The molecule has 4 heteroatoms. The third kappa shape index (κ3) is 1.72. The third-order valence-electron chi connectivity index (χ3n) is 2.52. The molecule has 13 heavy (non-hydrogen) atoms. The van der Waals surface area contributed by atoms with Gasteiger partial charge in [0.15, 0.2) is 0 Å². The molecule has 0 bridgehead atoms. The molecule has 1 atom stereocenters. The van der Waals surface area contributed by atoms with Crippen molar-refractivity contribution in [3.63, 3.8) is 0 Å². The van der Waals surface area contributed by atoms with Gasteiger partial charge in [-0.15, -0.1) is 10.2 Å². The van der Waals surface area contributed by atoms with Crippen LogP contribution in [-0.4, -0.2) is 15.3 Å². The highest BCUT2D eigenvalue weighted by Crippen LogP contribution is 2.33. The Morgan fingerprint density at radius 3 is 2.62 bits per heavy atom. The first-order valence-electron chi connectivity index (χ1n) is 4.78. The minimum absolute atomic E-state index is 0.335. The number of aromatic nitrogens is 2. The van der Waals surface area contributed by atoms with Crippen LogP contribution in [0.2, 0.25) is 0 Å². The van der Waals surface area contributed by atoms with E-state index in [9.17, 15) is 5.11 Å². The average Bonchev–Trinajstić information content (AvgIpc) is 2.75. The molecule has 72 valence electrons. The second-order valence-corrected chi connectivity index (χ2v) is 3.64. The van der Waals surface area contributed by atoms with Gasteiger partial charge in [0.2, 0.25) is 11.8 Å². The zero-order valence-electron chi connectivity index (χ0n) is 7.73. The lowest BCUT2D eigenvalue weighted by atomic mass is 10.1. The molecule has 1 saturated carbocycles. The van der Waals surface area contributed by atoms with Crippen LogP contribution in [0.5, 0.6) is 0 Å². The van der Waals surface area contributed by atoms with Crippen molar-refractivity contribution < 1.29 is 9.52 Å². The molecular weight excluding hydrogens is 168 g/mol. The molecule has 1 unspecified atom stereocenters. The van der Waals surface area contributed by atoms with Crippen molar-refractivity contribution >= 4 is 0 Å². The Morgan fingerprint density at radius 1 is 1.38 bits per heavy atom. The molecule has 1 fully saturated rings. The van der Waals surface area contributed by atoms with Crippen LogP contribution in [0.25, 0.3) is 0 Å². The summed E-state index contributed by atoms with van der Waals surface area (Å²) in [5.74, 6) is 1.47. The van der Waals surface area contributed by atoms with E-state index < -0.39 is 6.10 Å². The summed E-state index contributed by atoms with van der Waals surface area (Å²) in [6, 6.07) is 0. The molecule has 1 aliphatic rings. The highest BCUT2D eigenvalue weighted by Gasteiger charge is 2.23. The van der Waals surface area contributed by atoms with Gasteiger partial charge in [-0.3, -0.25) is 0 Å². The minimum Gasteiger partial charge on any atom is -0.422 e. The van der Waals surface area contributed by atoms with Crippen LogP contribution in [0.1, 0.15) is 56.4 Å². The summed E-state index contributed by atoms with van der Waals surface area (Å²) in [4.78, 5) is 0. The fourth-order valence-electron chi connectivity index (χ4n) is 1.75. The highest BCUT2D eigenvalue weighted by molar-refractivity contribution is 4.94. The van der Waals surface area contributed by atoms with E-state index in [4.69, 9.17) is 4.42 Å². The molecule has 1 aromatic rings. The van der Waals surface area contributed by atoms with Gasteiger partial charge in [0.25, 0.3) is 0 Å². The van der Waals surface area contributed by atoms with E-state index in [1.165, 1.54) is 12.8 Å². The maximum atomic E-state index is 9.18. The largest absolute Gasteiger partial charge is 0.422 e. The molecular formula is C9H14N2O2. The maximum absolute atomic E-state index is 9.18. The Labute approximate surface area is 77.0 Å². The molecule has 0 spiro atoms. The van der Waals surface area contributed by atoms with Crippen molar-refractivity contribution in [1.82, 2.24) is 10.2 Å². The Hall–Kier alpha value is -0.900. The predicted octanol–water partition coefficient (Wildman–Crippen LogP) is 1.78. The van der Waals surface area contributed by atoms with Gasteiger partial charge >= 0.3 is 0 Å². The van der Waals surface area contributed by atoms with Crippen molar-refractivity contribution in [1.29, 1.82) is 0 Å². The van der Waals surface area contributed by atoms with E-state index >= 15 is 0 Å². The Kier molecular flexibility index (Phi) is 2.31.